The van der Waals surface area contributed by atoms with Gasteiger partial charge in [0.05, 0.1) is 10.4 Å². The predicted molar refractivity (Wildman–Crippen MR) is 92.0 cm³/mol. The van der Waals surface area contributed by atoms with E-state index in [0.29, 0.717) is 15.8 Å². The number of carbonyl (C=O) groups is 1. The summed E-state index contributed by atoms with van der Waals surface area (Å²) in [6.07, 6.45) is -1.40. The van der Waals surface area contributed by atoms with E-state index in [1.807, 2.05) is 42.5 Å². The van der Waals surface area contributed by atoms with Crippen molar-refractivity contribution in [2.75, 3.05) is 0 Å². The van der Waals surface area contributed by atoms with E-state index in [2.05, 4.69) is 9.72 Å². The molecular formula is C17H12ClNO4S. The van der Waals surface area contributed by atoms with Gasteiger partial charge >= 0.3 is 6.16 Å². The number of nitrogens with zero attached hydrogens (tertiary/aromatic N) is 1. The minimum atomic E-state index is -1.40. The number of thiazole rings is 1. The molecule has 0 amide bonds. The molecule has 24 heavy (non-hydrogen) atoms. The normalized spacial score (nSPS) is 10.4. The smallest absolute Gasteiger partial charge is 0.485 e. The largest absolute Gasteiger partial charge is 0.512 e. The van der Waals surface area contributed by atoms with Gasteiger partial charge in [0.2, 0.25) is 5.88 Å². The molecule has 1 N–H and O–H groups in total. The highest BCUT2D eigenvalue weighted by Gasteiger charge is 2.09. The van der Waals surface area contributed by atoms with Gasteiger partial charge in [-0.15, -0.1) is 11.3 Å². The van der Waals surface area contributed by atoms with Gasteiger partial charge in [0.25, 0.3) is 0 Å². The van der Waals surface area contributed by atoms with Gasteiger partial charge in [-0.25, -0.2) is 9.78 Å². The number of aromatic nitrogens is 1. The Bertz CT molecular complexity index is 851. The van der Waals surface area contributed by atoms with Crippen molar-refractivity contribution >= 4 is 29.1 Å². The van der Waals surface area contributed by atoms with Crippen molar-refractivity contribution in [3.05, 3.63) is 63.9 Å². The molecule has 2 aromatic carbocycles. The molecule has 122 valence electrons. The number of carboxylic acid groups (broad SMARTS) is 1. The topological polar surface area (TPSA) is 68.7 Å². The lowest BCUT2D eigenvalue weighted by molar-refractivity contribution is 0.142. The zero-order chi connectivity index (χ0) is 16.9. The van der Waals surface area contributed by atoms with Gasteiger partial charge in [0, 0.05) is 0 Å². The van der Waals surface area contributed by atoms with Crippen LogP contribution in [0.2, 0.25) is 5.02 Å². The maximum absolute atomic E-state index is 10.4. The van der Waals surface area contributed by atoms with Crippen LogP contribution in [0.5, 0.6) is 11.6 Å². The van der Waals surface area contributed by atoms with Crippen LogP contribution in [0.25, 0.3) is 11.1 Å². The average Bonchev–Trinajstić information content (AvgIpc) is 3.01. The van der Waals surface area contributed by atoms with Gasteiger partial charge in [0.1, 0.15) is 17.4 Å². The number of halogens is 1. The van der Waals surface area contributed by atoms with Crippen molar-refractivity contribution in [3.8, 4) is 22.8 Å². The van der Waals surface area contributed by atoms with Crippen molar-refractivity contribution < 1.29 is 19.4 Å². The number of ether oxygens (including phenoxy) is 2. The highest BCUT2D eigenvalue weighted by molar-refractivity contribution is 7.09. The zero-order valence-electron chi connectivity index (χ0n) is 12.3. The molecule has 7 heteroatoms. The zero-order valence-corrected chi connectivity index (χ0v) is 13.9. The van der Waals surface area contributed by atoms with E-state index in [1.165, 1.54) is 16.7 Å². The van der Waals surface area contributed by atoms with Gasteiger partial charge in [0.15, 0.2) is 0 Å². The Labute approximate surface area is 147 Å². The Balaban J connectivity index is 1.67. The first-order valence-electron chi connectivity index (χ1n) is 6.95. The van der Waals surface area contributed by atoms with Crippen LogP contribution in [-0.2, 0) is 6.61 Å². The van der Waals surface area contributed by atoms with Crippen molar-refractivity contribution in [1.29, 1.82) is 0 Å². The molecule has 0 aliphatic rings. The SMILES string of the molecule is O=C(O)Oc1csc(COc2ccc(-c3ccccc3)cc2Cl)n1. The Morgan fingerprint density at radius 3 is 2.67 bits per heavy atom. The molecule has 1 aromatic heterocycles. The molecule has 0 bridgehead atoms. The van der Waals surface area contributed by atoms with E-state index >= 15 is 0 Å². The molecule has 0 atom stereocenters. The first-order chi connectivity index (χ1) is 11.6. The second-order valence-electron chi connectivity index (χ2n) is 4.75. The molecule has 1 heterocycles. The summed E-state index contributed by atoms with van der Waals surface area (Å²) in [5.41, 5.74) is 2.07. The number of rotatable bonds is 5. The molecule has 0 saturated carbocycles. The van der Waals surface area contributed by atoms with Gasteiger partial charge in [-0.2, -0.15) is 0 Å². The average molecular weight is 362 g/mol. The lowest BCUT2D eigenvalue weighted by Gasteiger charge is -2.08. The molecule has 0 aliphatic heterocycles. The highest BCUT2D eigenvalue weighted by Crippen LogP contribution is 2.31. The van der Waals surface area contributed by atoms with Crippen LogP contribution in [0.4, 0.5) is 4.79 Å². The Kier molecular flexibility index (Phi) is 4.98. The molecule has 3 rings (SSSR count). The van der Waals surface area contributed by atoms with Crippen LogP contribution in [0, 0.1) is 0 Å². The van der Waals surface area contributed by atoms with Crippen LogP contribution in [0.3, 0.4) is 0 Å². The summed E-state index contributed by atoms with van der Waals surface area (Å²) in [5, 5.41) is 11.1. The Morgan fingerprint density at radius 1 is 1.17 bits per heavy atom. The molecule has 0 fully saturated rings. The second kappa shape index (κ2) is 7.33. The van der Waals surface area contributed by atoms with Gasteiger partial charge in [-0.05, 0) is 23.3 Å². The number of hydrogen-bond donors (Lipinski definition) is 1. The quantitative estimate of drug-likeness (QED) is 0.640. The Morgan fingerprint density at radius 2 is 1.96 bits per heavy atom. The summed E-state index contributed by atoms with van der Waals surface area (Å²) in [7, 11) is 0. The van der Waals surface area contributed by atoms with Crippen molar-refractivity contribution in [2.24, 2.45) is 0 Å². The molecule has 0 spiro atoms. The number of hydrogen-bond acceptors (Lipinski definition) is 5. The fourth-order valence-electron chi connectivity index (χ4n) is 2.06. The van der Waals surface area contributed by atoms with Crippen molar-refractivity contribution in [2.45, 2.75) is 6.61 Å². The van der Waals surface area contributed by atoms with E-state index in [4.69, 9.17) is 21.4 Å². The summed E-state index contributed by atoms with van der Waals surface area (Å²) in [4.78, 5) is 14.5. The minimum Gasteiger partial charge on any atom is -0.485 e. The van der Waals surface area contributed by atoms with Gasteiger partial charge in [-0.3, -0.25) is 0 Å². The van der Waals surface area contributed by atoms with E-state index in [-0.39, 0.29) is 12.5 Å². The molecule has 0 unspecified atom stereocenters. The van der Waals surface area contributed by atoms with Crippen LogP contribution in [-0.4, -0.2) is 16.2 Å². The number of benzene rings is 2. The first kappa shape index (κ1) is 16.3. The monoisotopic (exact) mass is 361 g/mol. The fourth-order valence-corrected chi connectivity index (χ4v) is 2.91. The van der Waals surface area contributed by atoms with E-state index < -0.39 is 6.16 Å². The third kappa shape index (κ3) is 4.04. The van der Waals surface area contributed by atoms with Crippen molar-refractivity contribution in [3.63, 3.8) is 0 Å². The molecule has 0 radical (unpaired) electrons. The Hall–Kier alpha value is -2.57. The maximum Gasteiger partial charge on any atom is 0.512 e. The fraction of sp³-hybridized carbons (Fsp3) is 0.0588. The predicted octanol–water partition coefficient (Wildman–Crippen LogP) is 5.10. The highest BCUT2D eigenvalue weighted by atomic mass is 35.5. The summed E-state index contributed by atoms with van der Waals surface area (Å²) >= 11 is 7.52. The van der Waals surface area contributed by atoms with Gasteiger partial charge < -0.3 is 14.6 Å². The maximum atomic E-state index is 10.4. The van der Waals surface area contributed by atoms with Crippen LogP contribution in [0.15, 0.2) is 53.9 Å². The molecule has 0 saturated heterocycles. The minimum absolute atomic E-state index is 0.0385. The van der Waals surface area contributed by atoms with E-state index in [1.54, 1.807) is 6.07 Å². The third-order valence-electron chi connectivity index (χ3n) is 3.11. The molecule has 3 aromatic rings. The van der Waals surface area contributed by atoms with E-state index in [9.17, 15) is 4.79 Å². The van der Waals surface area contributed by atoms with E-state index in [0.717, 1.165) is 11.1 Å². The summed E-state index contributed by atoms with van der Waals surface area (Å²) < 4.78 is 10.1. The summed E-state index contributed by atoms with van der Waals surface area (Å²) in [6, 6.07) is 15.5. The lowest BCUT2D eigenvalue weighted by Crippen LogP contribution is -2.03. The summed E-state index contributed by atoms with van der Waals surface area (Å²) in [5.74, 6) is 0.573. The standard InChI is InChI=1S/C17H12ClNO4S/c18-13-8-12(11-4-2-1-3-5-11)6-7-14(13)22-9-16-19-15(10-24-16)23-17(20)21/h1-8,10H,9H2,(H,20,21). The van der Waals surface area contributed by atoms with Crippen LogP contribution >= 0.6 is 22.9 Å². The second-order valence-corrected chi connectivity index (χ2v) is 6.10. The summed E-state index contributed by atoms with van der Waals surface area (Å²) in [6.45, 7) is 0.179. The van der Waals surface area contributed by atoms with Gasteiger partial charge in [-0.1, -0.05) is 48.0 Å². The molecule has 0 aliphatic carbocycles. The lowest BCUT2D eigenvalue weighted by atomic mass is 10.1. The third-order valence-corrected chi connectivity index (χ3v) is 4.21. The first-order valence-corrected chi connectivity index (χ1v) is 8.20. The molecule has 5 nitrogen and oxygen atoms in total. The van der Waals surface area contributed by atoms with Crippen LogP contribution in [0.1, 0.15) is 5.01 Å². The van der Waals surface area contributed by atoms with Crippen molar-refractivity contribution in [1.82, 2.24) is 4.98 Å². The van der Waals surface area contributed by atoms with Crippen LogP contribution < -0.4 is 9.47 Å². The molecular weight excluding hydrogens is 350 g/mol.